The molecule has 1 aliphatic heterocycles. The zero-order chi connectivity index (χ0) is 13.7. The highest BCUT2D eigenvalue weighted by Gasteiger charge is 2.48. The van der Waals surface area contributed by atoms with Crippen molar-refractivity contribution in [1.82, 2.24) is 15.6 Å². The van der Waals surface area contributed by atoms with Crippen LogP contribution in [0.4, 0.5) is 4.79 Å². The van der Waals surface area contributed by atoms with E-state index in [-0.39, 0.29) is 5.91 Å². The highest BCUT2D eigenvalue weighted by atomic mass is 16.2. The van der Waals surface area contributed by atoms with Gasteiger partial charge >= 0.3 is 6.03 Å². The van der Waals surface area contributed by atoms with Gasteiger partial charge in [-0.25, -0.2) is 4.79 Å². The van der Waals surface area contributed by atoms with Crippen molar-refractivity contribution in [1.29, 1.82) is 0 Å². The third kappa shape index (κ3) is 2.75. The minimum Gasteiger partial charge on any atom is -0.318 e. The number of amides is 3. The van der Waals surface area contributed by atoms with Gasteiger partial charge in [0.1, 0.15) is 0 Å². The van der Waals surface area contributed by atoms with E-state index in [1.54, 1.807) is 18.3 Å². The molecule has 19 heavy (non-hydrogen) atoms. The first kappa shape index (κ1) is 13.5. The Hall–Kier alpha value is -1.91. The Bertz CT molecular complexity index is 461. The van der Waals surface area contributed by atoms with Gasteiger partial charge in [0.2, 0.25) is 0 Å². The normalized spacial score (nSPS) is 22.2. The summed E-state index contributed by atoms with van der Waals surface area (Å²) in [5.74, 6) is -0.298. The molecule has 1 aliphatic rings. The number of aromatic nitrogens is 1. The number of urea groups is 1. The number of hydrogen-bond acceptors (Lipinski definition) is 3. The first-order chi connectivity index (χ1) is 9.19. The Morgan fingerprint density at radius 1 is 1.21 bits per heavy atom. The average molecular weight is 261 g/mol. The van der Waals surface area contributed by atoms with Crippen LogP contribution in [0.5, 0.6) is 0 Å². The quantitative estimate of drug-likeness (QED) is 0.608. The highest BCUT2D eigenvalue weighted by Crippen LogP contribution is 2.29. The van der Waals surface area contributed by atoms with E-state index in [4.69, 9.17) is 0 Å². The van der Waals surface area contributed by atoms with Crippen LogP contribution in [0.3, 0.4) is 0 Å². The molecule has 3 amide bonds. The van der Waals surface area contributed by atoms with Crippen LogP contribution in [-0.2, 0) is 10.3 Å². The van der Waals surface area contributed by atoms with Gasteiger partial charge in [0.25, 0.3) is 5.91 Å². The summed E-state index contributed by atoms with van der Waals surface area (Å²) in [6.07, 6.45) is 6.43. The molecule has 0 radical (unpaired) electrons. The van der Waals surface area contributed by atoms with Crippen molar-refractivity contribution in [2.75, 3.05) is 0 Å². The van der Waals surface area contributed by atoms with Crippen molar-refractivity contribution in [3.05, 3.63) is 30.1 Å². The molecule has 1 fully saturated rings. The minimum atomic E-state index is -0.994. The molecule has 2 N–H and O–H groups in total. The van der Waals surface area contributed by atoms with E-state index in [0.717, 1.165) is 25.7 Å². The fraction of sp³-hybridized carbons (Fsp3) is 0.500. The summed E-state index contributed by atoms with van der Waals surface area (Å²) in [6.45, 7) is 2.14. The van der Waals surface area contributed by atoms with Gasteiger partial charge in [-0.1, -0.05) is 38.7 Å². The largest absolute Gasteiger partial charge is 0.322 e. The molecule has 0 aromatic carbocycles. The smallest absolute Gasteiger partial charge is 0.318 e. The number of pyridine rings is 1. The molecule has 1 atom stereocenters. The lowest BCUT2D eigenvalue weighted by molar-refractivity contribution is -0.124. The monoisotopic (exact) mass is 261 g/mol. The van der Waals surface area contributed by atoms with Crippen LogP contribution < -0.4 is 10.6 Å². The second-order valence-corrected chi connectivity index (χ2v) is 4.84. The van der Waals surface area contributed by atoms with Crippen molar-refractivity contribution in [2.45, 2.75) is 44.6 Å². The maximum Gasteiger partial charge on any atom is 0.322 e. The summed E-state index contributed by atoms with van der Waals surface area (Å²) in [4.78, 5) is 27.8. The fourth-order valence-corrected chi connectivity index (χ4v) is 2.41. The van der Waals surface area contributed by atoms with Crippen molar-refractivity contribution in [3.63, 3.8) is 0 Å². The van der Waals surface area contributed by atoms with Crippen LogP contribution in [-0.4, -0.2) is 16.9 Å². The Labute approximate surface area is 112 Å². The lowest BCUT2D eigenvalue weighted by Crippen LogP contribution is -2.44. The zero-order valence-corrected chi connectivity index (χ0v) is 11.1. The van der Waals surface area contributed by atoms with Crippen molar-refractivity contribution in [3.8, 4) is 0 Å². The number of unbranched alkanes of at least 4 members (excludes halogenated alkanes) is 3. The van der Waals surface area contributed by atoms with E-state index < -0.39 is 11.6 Å². The number of nitrogens with zero attached hydrogens (tertiary/aromatic N) is 1. The van der Waals surface area contributed by atoms with Crippen molar-refractivity contribution >= 4 is 11.9 Å². The second kappa shape index (κ2) is 5.82. The van der Waals surface area contributed by atoms with Gasteiger partial charge in [-0.15, -0.1) is 0 Å². The molecule has 1 aromatic rings. The van der Waals surface area contributed by atoms with Gasteiger partial charge in [-0.05, 0) is 18.6 Å². The molecular formula is C14H19N3O2. The molecule has 1 aromatic heterocycles. The van der Waals surface area contributed by atoms with Gasteiger partial charge in [0.15, 0.2) is 5.54 Å². The van der Waals surface area contributed by atoms with Crippen LogP contribution in [0.25, 0.3) is 0 Å². The predicted octanol–water partition coefficient (Wildman–Crippen LogP) is 2.09. The van der Waals surface area contributed by atoms with Gasteiger partial charge in [-0.3, -0.25) is 15.1 Å². The predicted molar refractivity (Wildman–Crippen MR) is 71.3 cm³/mol. The lowest BCUT2D eigenvalue weighted by Gasteiger charge is -2.25. The summed E-state index contributed by atoms with van der Waals surface area (Å²) < 4.78 is 0. The number of carbonyl (C=O) groups excluding carboxylic acids is 2. The zero-order valence-electron chi connectivity index (χ0n) is 11.1. The second-order valence-electron chi connectivity index (χ2n) is 4.84. The Kier molecular flexibility index (Phi) is 4.14. The standard InChI is InChI=1S/C14H19N3O2/c1-2-3-4-6-9-14(11-8-5-7-10-15-11)12(18)16-13(19)17-14/h5,7-8,10H,2-4,6,9H2,1H3,(H2,16,17,18,19)/t14-/m0/s1. The van der Waals surface area contributed by atoms with Crippen LogP contribution >= 0.6 is 0 Å². The maximum atomic E-state index is 12.1. The van der Waals surface area contributed by atoms with E-state index in [1.165, 1.54) is 0 Å². The third-order valence-electron chi connectivity index (χ3n) is 3.45. The van der Waals surface area contributed by atoms with E-state index in [1.807, 2.05) is 6.07 Å². The number of carbonyl (C=O) groups is 2. The number of imide groups is 1. The molecule has 0 aliphatic carbocycles. The number of hydrogen-bond donors (Lipinski definition) is 2. The van der Waals surface area contributed by atoms with E-state index >= 15 is 0 Å². The molecule has 0 saturated carbocycles. The van der Waals surface area contributed by atoms with Crippen LogP contribution in [0, 0.1) is 0 Å². The molecule has 1 saturated heterocycles. The molecule has 0 bridgehead atoms. The van der Waals surface area contributed by atoms with E-state index in [0.29, 0.717) is 12.1 Å². The molecule has 5 nitrogen and oxygen atoms in total. The first-order valence-corrected chi connectivity index (χ1v) is 6.74. The first-order valence-electron chi connectivity index (χ1n) is 6.74. The van der Waals surface area contributed by atoms with Gasteiger partial charge in [0, 0.05) is 6.20 Å². The van der Waals surface area contributed by atoms with E-state index in [9.17, 15) is 9.59 Å². The fourth-order valence-electron chi connectivity index (χ4n) is 2.41. The molecule has 5 heteroatoms. The van der Waals surface area contributed by atoms with Gasteiger partial charge < -0.3 is 5.32 Å². The van der Waals surface area contributed by atoms with Gasteiger partial charge in [-0.2, -0.15) is 0 Å². The Morgan fingerprint density at radius 2 is 2.05 bits per heavy atom. The van der Waals surface area contributed by atoms with E-state index in [2.05, 4.69) is 22.5 Å². The highest BCUT2D eigenvalue weighted by molar-refractivity contribution is 6.07. The van der Waals surface area contributed by atoms with Crippen LogP contribution in [0.1, 0.15) is 44.7 Å². The van der Waals surface area contributed by atoms with Crippen molar-refractivity contribution in [2.24, 2.45) is 0 Å². The van der Waals surface area contributed by atoms with Crippen LogP contribution in [0.2, 0.25) is 0 Å². The summed E-state index contributed by atoms with van der Waals surface area (Å²) in [7, 11) is 0. The van der Waals surface area contributed by atoms with Crippen LogP contribution in [0.15, 0.2) is 24.4 Å². The summed E-state index contributed by atoms with van der Waals surface area (Å²) in [5, 5.41) is 5.07. The molecule has 102 valence electrons. The summed E-state index contributed by atoms with van der Waals surface area (Å²) in [5.41, 5.74) is -0.388. The lowest BCUT2D eigenvalue weighted by atomic mass is 9.88. The molecule has 0 spiro atoms. The molecule has 0 unspecified atom stereocenters. The number of nitrogens with one attached hydrogen (secondary N) is 2. The summed E-state index contributed by atoms with van der Waals surface area (Å²) in [6, 6.07) is 4.97. The van der Waals surface area contributed by atoms with Crippen molar-refractivity contribution < 1.29 is 9.59 Å². The minimum absolute atomic E-state index is 0.298. The molecule has 2 rings (SSSR count). The summed E-state index contributed by atoms with van der Waals surface area (Å²) >= 11 is 0. The molecule has 2 heterocycles. The maximum absolute atomic E-state index is 12.1. The Balaban J connectivity index is 2.19. The number of rotatable bonds is 6. The Morgan fingerprint density at radius 3 is 2.63 bits per heavy atom. The van der Waals surface area contributed by atoms with Gasteiger partial charge in [0.05, 0.1) is 5.69 Å². The average Bonchev–Trinajstić information content (AvgIpc) is 2.71. The topological polar surface area (TPSA) is 71.1 Å². The SMILES string of the molecule is CCCCCC[C@@]1(c2ccccn2)NC(=O)NC1=O. The third-order valence-corrected chi connectivity index (χ3v) is 3.45. The molecular weight excluding hydrogens is 242 g/mol.